The first-order chi connectivity index (χ1) is 16.3. The molecule has 0 radical (unpaired) electrons. The molecule has 0 saturated heterocycles. The fraction of sp³-hybridized carbons (Fsp3) is 0.429. The molecule has 3 heterocycles. The molecule has 1 atom stereocenters. The number of ether oxygens (including phenoxy) is 1. The van der Waals surface area contributed by atoms with E-state index in [1.807, 2.05) is 13.8 Å². The highest BCUT2D eigenvalue weighted by atomic mass is 19.4. The lowest BCUT2D eigenvalue weighted by molar-refractivity contribution is -0.142. The first-order valence-electron chi connectivity index (χ1n) is 10.5. The molecule has 0 saturated carbocycles. The highest BCUT2D eigenvalue weighted by molar-refractivity contribution is 5.93. The molecule has 3 rings (SSSR count). The van der Waals surface area contributed by atoms with E-state index in [-0.39, 0.29) is 17.8 Å². The van der Waals surface area contributed by atoms with Gasteiger partial charge in [-0.3, -0.25) is 9.59 Å². The second-order valence-corrected chi connectivity index (χ2v) is 8.06. The number of rotatable bonds is 8. The summed E-state index contributed by atoms with van der Waals surface area (Å²) in [5, 5.41) is 9.77. The Morgan fingerprint density at radius 3 is 2.57 bits per heavy atom. The number of amides is 2. The van der Waals surface area contributed by atoms with Gasteiger partial charge in [0.15, 0.2) is 5.69 Å². The second kappa shape index (κ2) is 10.1. The van der Waals surface area contributed by atoms with Gasteiger partial charge in [0.25, 0.3) is 5.91 Å². The van der Waals surface area contributed by atoms with E-state index in [1.165, 1.54) is 32.1 Å². The summed E-state index contributed by atoms with van der Waals surface area (Å²) in [5.74, 6) is -0.848. The van der Waals surface area contributed by atoms with Crippen molar-refractivity contribution in [1.82, 2.24) is 35.1 Å². The maximum atomic E-state index is 13.2. The predicted molar refractivity (Wildman–Crippen MR) is 115 cm³/mol. The predicted octanol–water partition coefficient (Wildman–Crippen LogP) is 2.71. The number of nitrogens with one attached hydrogen (secondary N) is 1. The minimum Gasteiger partial charge on any atom is -0.475 e. The van der Waals surface area contributed by atoms with E-state index in [2.05, 4.69) is 25.5 Å². The van der Waals surface area contributed by atoms with Crippen LogP contribution in [0.1, 0.15) is 48.9 Å². The van der Waals surface area contributed by atoms with E-state index in [4.69, 9.17) is 9.26 Å². The summed E-state index contributed by atoms with van der Waals surface area (Å²) in [5.41, 5.74) is -1.18. The van der Waals surface area contributed by atoms with E-state index in [1.54, 1.807) is 12.1 Å². The molecule has 0 unspecified atom stereocenters. The van der Waals surface area contributed by atoms with E-state index in [9.17, 15) is 22.8 Å². The topological polar surface area (TPSA) is 128 Å². The summed E-state index contributed by atoms with van der Waals surface area (Å²) in [6, 6.07) is 2.98. The van der Waals surface area contributed by atoms with E-state index in [0.29, 0.717) is 22.2 Å². The lowest BCUT2D eigenvalue weighted by Crippen LogP contribution is -2.32. The van der Waals surface area contributed by atoms with Crippen LogP contribution in [-0.4, -0.2) is 61.8 Å². The number of pyridine rings is 1. The highest BCUT2D eigenvalue weighted by Crippen LogP contribution is 2.29. The Bertz CT molecular complexity index is 1200. The minimum atomic E-state index is -4.79. The van der Waals surface area contributed by atoms with Gasteiger partial charge in [-0.1, -0.05) is 5.16 Å². The number of hydrogen-bond donors (Lipinski definition) is 1. The maximum absolute atomic E-state index is 13.2. The monoisotopic (exact) mass is 495 g/mol. The number of likely N-dealkylation sites (N-methyl/N-ethyl adjacent to an activating group) is 1. The van der Waals surface area contributed by atoms with Gasteiger partial charge in [-0.05, 0) is 26.8 Å². The van der Waals surface area contributed by atoms with Crippen molar-refractivity contribution in [3.63, 3.8) is 0 Å². The zero-order valence-electron chi connectivity index (χ0n) is 19.6. The Morgan fingerprint density at radius 2 is 1.94 bits per heavy atom. The van der Waals surface area contributed by atoms with Crippen LogP contribution in [0, 0.1) is 0 Å². The Hall–Kier alpha value is -3.97. The summed E-state index contributed by atoms with van der Waals surface area (Å²) in [6.45, 7) is 4.68. The molecule has 3 aromatic heterocycles. The molecule has 0 fully saturated rings. The SMILES string of the molecule is CC(C)Oc1cc(-c2noc([C@H](C)NC(=O)c3cc(C(F)(F)F)nn3CC(=O)N(C)C)n2)ccn1. The van der Waals surface area contributed by atoms with Gasteiger partial charge in [0, 0.05) is 38.0 Å². The lowest BCUT2D eigenvalue weighted by Gasteiger charge is -2.13. The number of carbonyl (C=O) groups excluding carboxylic acids is 2. The standard InChI is InChI=1S/C21H24F3N7O4/c1-11(2)34-16-8-13(6-7-25-16)18-27-20(35-29-18)12(3)26-19(33)14-9-15(21(22,23)24)28-31(14)10-17(32)30(4)5/h6-9,11-12H,10H2,1-5H3,(H,26,33)/t12-/m0/s1. The van der Waals surface area contributed by atoms with E-state index in [0.717, 1.165) is 0 Å². The largest absolute Gasteiger partial charge is 0.475 e. The number of halogens is 3. The molecular formula is C21H24F3N7O4. The van der Waals surface area contributed by atoms with Crippen molar-refractivity contribution >= 4 is 11.8 Å². The molecular weight excluding hydrogens is 471 g/mol. The minimum absolute atomic E-state index is 0.0166. The van der Waals surface area contributed by atoms with Crippen molar-refractivity contribution in [1.29, 1.82) is 0 Å². The summed E-state index contributed by atoms with van der Waals surface area (Å²) in [7, 11) is 2.87. The van der Waals surface area contributed by atoms with Crippen molar-refractivity contribution in [2.45, 2.75) is 45.6 Å². The number of hydrogen-bond acceptors (Lipinski definition) is 8. The molecule has 0 spiro atoms. The Balaban J connectivity index is 1.79. The number of carbonyl (C=O) groups is 2. The van der Waals surface area contributed by atoms with Gasteiger partial charge >= 0.3 is 6.18 Å². The van der Waals surface area contributed by atoms with Crippen LogP contribution in [-0.2, 0) is 17.5 Å². The quantitative estimate of drug-likeness (QED) is 0.505. The summed E-state index contributed by atoms with van der Waals surface area (Å²) < 4.78 is 51.0. The van der Waals surface area contributed by atoms with Gasteiger partial charge < -0.3 is 19.5 Å². The normalized spacial score (nSPS) is 12.5. The third-order valence-corrected chi connectivity index (χ3v) is 4.60. The van der Waals surface area contributed by atoms with Gasteiger partial charge in [-0.2, -0.15) is 23.3 Å². The molecule has 35 heavy (non-hydrogen) atoms. The Labute approximate surface area is 198 Å². The highest BCUT2D eigenvalue weighted by Gasteiger charge is 2.36. The van der Waals surface area contributed by atoms with Crippen LogP contribution in [0.3, 0.4) is 0 Å². The Kier molecular flexibility index (Phi) is 7.41. The lowest BCUT2D eigenvalue weighted by atomic mass is 10.2. The second-order valence-electron chi connectivity index (χ2n) is 8.06. The van der Waals surface area contributed by atoms with Gasteiger partial charge in [-0.25, -0.2) is 9.67 Å². The molecule has 0 bridgehead atoms. The molecule has 2 amide bonds. The molecule has 11 nitrogen and oxygen atoms in total. The van der Waals surface area contributed by atoms with E-state index >= 15 is 0 Å². The van der Waals surface area contributed by atoms with Gasteiger partial charge in [0.05, 0.1) is 6.10 Å². The number of aromatic nitrogens is 5. The van der Waals surface area contributed by atoms with Crippen LogP contribution in [0.5, 0.6) is 5.88 Å². The van der Waals surface area contributed by atoms with Crippen LogP contribution >= 0.6 is 0 Å². The van der Waals surface area contributed by atoms with Crippen molar-refractivity contribution in [3.05, 3.63) is 41.7 Å². The average Bonchev–Trinajstić information content (AvgIpc) is 3.41. The van der Waals surface area contributed by atoms with Crippen LogP contribution < -0.4 is 10.1 Å². The van der Waals surface area contributed by atoms with Crippen molar-refractivity contribution in [2.24, 2.45) is 0 Å². The zero-order chi connectivity index (χ0) is 25.9. The fourth-order valence-electron chi connectivity index (χ4n) is 2.84. The van der Waals surface area contributed by atoms with Gasteiger partial charge in [0.1, 0.15) is 18.3 Å². The fourth-order valence-corrected chi connectivity index (χ4v) is 2.84. The summed E-state index contributed by atoms with van der Waals surface area (Å²) >= 11 is 0. The zero-order valence-corrected chi connectivity index (χ0v) is 19.6. The van der Waals surface area contributed by atoms with Crippen LogP contribution in [0.15, 0.2) is 28.9 Å². The van der Waals surface area contributed by atoms with Crippen LogP contribution in [0.4, 0.5) is 13.2 Å². The van der Waals surface area contributed by atoms with Gasteiger partial charge in [-0.15, -0.1) is 0 Å². The summed E-state index contributed by atoms with van der Waals surface area (Å²) in [6.07, 6.45) is -3.37. The molecule has 0 aliphatic rings. The molecule has 1 N–H and O–H groups in total. The van der Waals surface area contributed by atoms with Crippen LogP contribution in [0.25, 0.3) is 11.4 Å². The number of alkyl halides is 3. The third-order valence-electron chi connectivity index (χ3n) is 4.60. The van der Waals surface area contributed by atoms with Gasteiger partial charge in [0.2, 0.25) is 23.5 Å². The summed E-state index contributed by atoms with van der Waals surface area (Å²) in [4.78, 5) is 34.3. The third kappa shape index (κ3) is 6.33. The van der Waals surface area contributed by atoms with Crippen LogP contribution in [0.2, 0.25) is 0 Å². The number of nitrogens with zero attached hydrogens (tertiary/aromatic N) is 6. The first-order valence-corrected chi connectivity index (χ1v) is 10.5. The van der Waals surface area contributed by atoms with Crippen molar-refractivity contribution < 1.29 is 32.0 Å². The molecule has 0 aliphatic heterocycles. The smallest absolute Gasteiger partial charge is 0.435 e. The molecule has 3 aromatic rings. The molecule has 188 valence electrons. The van der Waals surface area contributed by atoms with Crippen molar-refractivity contribution in [3.8, 4) is 17.3 Å². The molecule has 0 aliphatic carbocycles. The average molecular weight is 495 g/mol. The first kappa shape index (κ1) is 25.6. The van der Waals surface area contributed by atoms with E-state index < -0.39 is 42.0 Å². The Morgan fingerprint density at radius 1 is 1.23 bits per heavy atom. The maximum Gasteiger partial charge on any atom is 0.435 e. The molecule has 14 heteroatoms. The van der Waals surface area contributed by atoms with Crippen molar-refractivity contribution in [2.75, 3.05) is 14.1 Å². The molecule has 0 aromatic carbocycles.